The van der Waals surface area contributed by atoms with Crippen LogP contribution in [0.5, 0.6) is 0 Å². The van der Waals surface area contributed by atoms with Crippen LogP contribution in [-0.2, 0) is 16.0 Å². The zero-order chi connectivity index (χ0) is 19.4. The Labute approximate surface area is 161 Å². The monoisotopic (exact) mass is 383 g/mol. The van der Waals surface area contributed by atoms with E-state index in [0.717, 1.165) is 16.8 Å². The maximum absolute atomic E-state index is 12.7. The number of fused-ring (bicyclic) bond motifs is 1. The van der Waals surface area contributed by atoms with Crippen LogP contribution in [0.2, 0.25) is 5.02 Å². The van der Waals surface area contributed by atoms with Crippen molar-refractivity contribution in [1.29, 1.82) is 0 Å². The first kappa shape index (κ1) is 18.8. The Morgan fingerprint density at radius 2 is 1.96 bits per heavy atom. The number of para-hydroxylation sites is 1. The smallest absolute Gasteiger partial charge is 0.339 e. The number of amides is 1. The topological polar surface area (TPSA) is 81.2 Å². The van der Waals surface area contributed by atoms with E-state index in [0.29, 0.717) is 28.2 Å². The first-order chi connectivity index (χ1) is 13.0. The van der Waals surface area contributed by atoms with Crippen molar-refractivity contribution in [2.24, 2.45) is 0 Å². The summed E-state index contributed by atoms with van der Waals surface area (Å²) in [5.74, 6) is -0.704. The number of benzene rings is 1. The Hall–Kier alpha value is -2.99. The van der Waals surface area contributed by atoms with Crippen LogP contribution in [0.15, 0.2) is 42.6 Å². The molecule has 0 aliphatic carbocycles. The molecule has 0 saturated carbocycles. The summed E-state index contributed by atoms with van der Waals surface area (Å²) in [6.07, 6.45) is 2.11. The molecule has 0 unspecified atom stereocenters. The predicted octanol–water partition coefficient (Wildman–Crippen LogP) is 3.95. The molecule has 138 valence electrons. The van der Waals surface area contributed by atoms with Crippen molar-refractivity contribution in [1.82, 2.24) is 9.97 Å². The van der Waals surface area contributed by atoms with Crippen molar-refractivity contribution in [3.8, 4) is 0 Å². The van der Waals surface area contributed by atoms with Gasteiger partial charge >= 0.3 is 5.97 Å². The highest BCUT2D eigenvalue weighted by Gasteiger charge is 2.19. The van der Waals surface area contributed by atoms with Crippen LogP contribution >= 0.6 is 11.6 Å². The van der Waals surface area contributed by atoms with Gasteiger partial charge in [0.25, 0.3) is 5.91 Å². The summed E-state index contributed by atoms with van der Waals surface area (Å²) in [5.41, 5.74) is 2.76. The zero-order valence-corrected chi connectivity index (χ0v) is 15.7. The van der Waals surface area contributed by atoms with E-state index in [1.165, 1.54) is 6.20 Å². The number of nitrogens with zero attached hydrogens (tertiary/aromatic N) is 2. The molecule has 0 spiro atoms. The van der Waals surface area contributed by atoms with Gasteiger partial charge in [0.15, 0.2) is 6.61 Å². The number of nitrogens with one attached hydrogen (secondary N) is 1. The molecule has 2 heterocycles. The van der Waals surface area contributed by atoms with Crippen molar-refractivity contribution in [2.75, 3.05) is 11.9 Å². The van der Waals surface area contributed by atoms with Gasteiger partial charge in [0.05, 0.1) is 16.1 Å². The molecule has 3 rings (SSSR count). The highest BCUT2D eigenvalue weighted by atomic mass is 35.5. The van der Waals surface area contributed by atoms with Crippen LogP contribution in [0, 0.1) is 6.92 Å². The number of anilines is 1. The van der Waals surface area contributed by atoms with Crippen LogP contribution in [-0.4, -0.2) is 28.5 Å². The SMILES string of the molecule is CCc1nc2ccccc2c(C(=O)OCC(=O)Nc2ccc(Cl)cn2)c1C. The number of aryl methyl sites for hydroxylation is 1. The summed E-state index contributed by atoms with van der Waals surface area (Å²) in [6.45, 7) is 3.40. The summed E-state index contributed by atoms with van der Waals surface area (Å²) in [7, 11) is 0. The van der Waals surface area contributed by atoms with Crippen molar-refractivity contribution < 1.29 is 14.3 Å². The van der Waals surface area contributed by atoms with Crippen LogP contribution in [0.1, 0.15) is 28.5 Å². The fourth-order valence-corrected chi connectivity index (χ4v) is 2.91. The molecule has 3 aromatic rings. The Morgan fingerprint density at radius 3 is 2.67 bits per heavy atom. The highest BCUT2D eigenvalue weighted by Crippen LogP contribution is 2.24. The average Bonchev–Trinajstić information content (AvgIpc) is 2.67. The summed E-state index contributed by atoms with van der Waals surface area (Å²) < 4.78 is 5.24. The minimum Gasteiger partial charge on any atom is -0.452 e. The van der Waals surface area contributed by atoms with E-state index in [1.54, 1.807) is 12.1 Å². The lowest BCUT2D eigenvalue weighted by atomic mass is 10.0. The molecule has 1 aromatic carbocycles. The first-order valence-electron chi connectivity index (χ1n) is 8.46. The second-order valence-electron chi connectivity index (χ2n) is 5.92. The van der Waals surface area contributed by atoms with Gasteiger partial charge in [-0.05, 0) is 37.1 Å². The van der Waals surface area contributed by atoms with Crippen molar-refractivity contribution in [2.45, 2.75) is 20.3 Å². The van der Waals surface area contributed by atoms with Gasteiger partial charge in [-0.1, -0.05) is 36.7 Å². The Morgan fingerprint density at radius 1 is 1.19 bits per heavy atom. The molecule has 0 bridgehead atoms. The van der Waals surface area contributed by atoms with Crippen LogP contribution < -0.4 is 5.32 Å². The van der Waals surface area contributed by atoms with E-state index in [2.05, 4.69) is 15.3 Å². The Bertz CT molecular complexity index is 1000. The Kier molecular flexibility index (Phi) is 5.66. The number of halogens is 1. The lowest BCUT2D eigenvalue weighted by molar-refractivity contribution is -0.119. The fourth-order valence-electron chi connectivity index (χ4n) is 2.80. The Balaban J connectivity index is 1.77. The second-order valence-corrected chi connectivity index (χ2v) is 6.35. The molecule has 0 fully saturated rings. The van der Waals surface area contributed by atoms with Crippen LogP contribution in [0.25, 0.3) is 10.9 Å². The number of carbonyl (C=O) groups excluding carboxylic acids is 2. The normalized spacial score (nSPS) is 10.6. The zero-order valence-electron chi connectivity index (χ0n) is 15.0. The number of hydrogen-bond donors (Lipinski definition) is 1. The number of esters is 1. The standard InChI is InChI=1S/C20H18ClN3O3/c1-3-15-12(2)19(14-6-4-5-7-16(14)23-15)20(26)27-11-18(25)24-17-9-8-13(21)10-22-17/h4-10H,3,11H2,1-2H3,(H,22,24,25). The molecule has 0 aliphatic rings. The van der Waals surface area contributed by atoms with Gasteiger partial charge in [-0.2, -0.15) is 0 Å². The number of pyridine rings is 2. The van der Waals surface area contributed by atoms with Gasteiger partial charge in [0.2, 0.25) is 0 Å². The number of hydrogen-bond acceptors (Lipinski definition) is 5. The quantitative estimate of drug-likeness (QED) is 0.674. The van der Waals surface area contributed by atoms with E-state index in [4.69, 9.17) is 16.3 Å². The maximum atomic E-state index is 12.7. The van der Waals surface area contributed by atoms with Gasteiger partial charge in [-0.3, -0.25) is 9.78 Å². The molecule has 0 atom stereocenters. The van der Waals surface area contributed by atoms with Gasteiger partial charge in [0, 0.05) is 17.3 Å². The predicted molar refractivity (Wildman–Crippen MR) is 104 cm³/mol. The van der Waals surface area contributed by atoms with E-state index >= 15 is 0 Å². The summed E-state index contributed by atoms with van der Waals surface area (Å²) in [6, 6.07) is 10.5. The molecule has 1 N–H and O–H groups in total. The highest BCUT2D eigenvalue weighted by molar-refractivity contribution is 6.30. The van der Waals surface area contributed by atoms with Gasteiger partial charge in [-0.25, -0.2) is 9.78 Å². The lowest BCUT2D eigenvalue weighted by Crippen LogP contribution is -2.22. The van der Waals surface area contributed by atoms with Crippen molar-refractivity contribution >= 4 is 40.2 Å². The fraction of sp³-hybridized carbons (Fsp3) is 0.200. The third-order valence-corrected chi connectivity index (χ3v) is 4.33. The third kappa shape index (κ3) is 4.23. The summed E-state index contributed by atoms with van der Waals surface area (Å²) in [4.78, 5) is 33.3. The molecule has 6 nitrogen and oxygen atoms in total. The number of ether oxygens (including phenoxy) is 1. The van der Waals surface area contributed by atoms with Gasteiger partial charge in [0.1, 0.15) is 5.82 Å². The lowest BCUT2D eigenvalue weighted by Gasteiger charge is -2.13. The molecule has 2 aromatic heterocycles. The average molecular weight is 384 g/mol. The number of rotatable bonds is 5. The molecule has 7 heteroatoms. The molecule has 0 aliphatic heterocycles. The third-order valence-electron chi connectivity index (χ3n) is 4.10. The second kappa shape index (κ2) is 8.14. The largest absolute Gasteiger partial charge is 0.452 e. The van der Waals surface area contributed by atoms with Gasteiger partial charge in [-0.15, -0.1) is 0 Å². The number of carbonyl (C=O) groups is 2. The molecule has 27 heavy (non-hydrogen) atoms. The van der Waals surface area contributed by atoms with Crippen molar-refractivity contribution in [3.05, 3.63) is 64.4 Å². The van der Waals surface area contributed by atoms with Gasteiger partial charge < -0.3 is 10.1 Å². The molecule has 0 saturated heterocycles. The van der Waals surface area contributed by atoms with E-state index in [9.17, 15) is 9.59 Å². The van der Waals surface area contributed by atoms with E-state index in [-0.39, 0.29) is 0 Å². The van der Waals surface area contributed by atoms with Crippen LogP contribution in [0.3, 0.4) is 0 Å². The molecule has 1 amide bonds. The van der Waals surface area contributed by atoms with Crippen LogP contribution in [0.4, 0.5) is 5.82 Å². The summed E-state index contributed by atoms with van der Waals surface area (Å²) >= 11 is 5.76. The number of aromatic nitrogens is 2. The summed E-state index contributed by atoms with van der Waals surface area (Å²) in [5, 5.41) is 3.72. The van der Waals surface area contributed by atoms with E-state index < -0.39 is 18.5 Å². The minimum absolute atomic E-state index is 0.333. The van der Waals surface area contributed by atoms with E-state index in [1.807, 2.05) is 38.1 Å². The molecule has 0 radical (unpaired) electrons. The minimum atomic E-state index is -0.556. The maximum Gasteiger partial charge on any atom is 0.339 e. The molecular weight excluding hydrogens is 366 g/mol. The first-order valence-corrected chi connectivity index (χ1v) is 8.84. The molecular formula is C20H18ClN3O3. The van der Waals surface area contributed by atoms with Crippen molar-refractivity contribution in [3.63, 3.8) is 0 Å².